The molecule has 0 aromatic heterocycles. The van der Waals surface area contributed by atoms with Gasteiger partial charge in [0.25, 0.3) is 0 Å². The first-order chi connectivity index (χ1) is 13.8. The summed E-state index contributed by atoms with van der Waals surface area (Å²) in [6, 6.07) is 9.23. The predicted octanol–water partition coefficient (Wildman–Crippen LogP) is 3.33. The van der Waals surface area contributed by atoms with Crippen molar-refractivity contribution in [1.29, 1.82) is 0 Å². The maximum Gasteiger partial charge on any atom is 0.191 e. The Morgan fingerprint density at radius 3 is 2.55 bits per heavy atom. The monoisotopic (exact) mass is 514 g/mol. The van der Waals surface area contributed by atoms with E-state index < -0.39 is 0 Å². The average molecular weight is 514 g/mol. The van der Waals surface area contributed by atoms with E-state index in [1.165, 1.54) is 37.7 Å². The summed E-state index contributed by atoms with van der Waals surface area (Å²) in [5.41, 5.74) is 1.33. The molecule has 162 valence electrons. The zero-order chi connectivity index (χ0) is 19.3. The Labute approximate surface area is 191 Å². The van der Waals surface area contributed by atoms with Crippen molar-refractivity contribution in [3.8, 4) is 5.75 Å². The van der Waals surface area contributed by atoms with Crippen molar-refractivity contribution < 1.29 is 9.47 Å². The number of halogens is 1. The molecule has 3 saturated heterocycles. The van der Waals surface area contributed by atoms with Crippen LogP contribution in [0.25, 0.3) is 0 Å². The summed E-state index contributed by atoms with van der Waals surface area (Å²) >= 11 is 0. The lowest BCUT2D eigenvalue weighted by atomic mass is 9.96. The van der Waals surface area contributed by atoms with Crippen LogP contribution in [-0.2, 0) is 4.74 Å². The summed E-state index contributed by atoms with van der Waals surface area (Å²) in [7, 11) is 3.57. The Morgan fingerprint density at radius 2 is 1.97 bits per heavy atom. The van der Waals surface area contributed by atoms with Gasteiger partial charge in [-0.2, -0.15) is 0 Å². The SMILES string of the molecule is CN=C(NCC(c1ccc(OC)cc1)N1CCCCC1)NC1CC2CCC1O2.I. The van der Waals surface area contributed by atoms with Crippen LogP contribution in [0, 0.1) is 0 Å². The number of likely N-dealkylation sites (tertiary alicyclic amines) is 1. The third-order valence-corrected chi connectivity index (χ3v) is 6.45. The van der Waals surface area contributed by atoms with Gasteiger partial charge in [-0.05, 0) is 62.9 Å². The zero-order valence-electron chi connectivity index (χ0n) is 17.6. The molecule has 0 saturated carbocycles. The number of hydrogen-bond acceptors (Lipinski definition) is 4. The van der Waals surface area contributed by atoms with E-state index in [0.29, 0.717) is 24.3 Å². The number of piperidine rings is 1. The van der Waals surface area contributed by atoms with Crippen molar-refractivity contribution in [1.82, 2.24) is 15.5 Å². The smallest absolute Gasteiger partial charge is 0.191 e. The van der Waals surface area contributed by atoms with E-state index >= 15 is 0 Å². The van der Waals surface area contributed by atoms with Crippen LogP contribution in [-0.4, -0.2) is 62.9 Å². The summed E-state index contributed by atoms with van der Waals surface area (Å²) in [6.45, 7) is 3.16. The number of guanidine groups is 1. The average Bonchev–Trinajstić information content (AvgIpc) is 3.37. The highest BCUT2D eigenvalue weighted by atomic mass is 127. The third-order valence-electron chi connectivity index (χ3n) is 6.45. The quantitative estimate of drug-likeness (QED) is 0.347. The van der Waals surface area contributed by atoms with E-state index in [1.807, 2.05) is 7.05 Å². The molecule has 3 heterocycles. The van der Waals surface area contributed by atoms with Crippen LogP contribution in [0.3, 0.4) is 0 Å². The van der Waals surface area contributed by atoms with E-state index in [9.17, 15) is 0 Å². The number of aliphatic imine (C=N–C) groups is 1. The highest BCUT2D eigenvalue weighted by Gasteiger charge is 2.41. The minimum Gasteiger partial charge on any atom is -0.497 e. The Hall–Kier alpha value is -1.06. The molecule has 1 aromatic rings. The molecule has 0 aliphatic carbocycles. The largest absolute Gasteiger partial charge is 0.497 e. The second-order valence-corrected chi connectivity index (χ2v) is 8.20. The summed E-state index contributed by atoms with van der Waals surface area (Å²) in [5.74, 6) is 1.79. The normalized spacial score (nSPS) is 27.9. The number of methoxy groups -OCH3 is 1. The van der Waals surface area contributed by atoms with Crippen LogP contribution < -0.4 is 15.4 Å². The van der Waals surface area contributed by atoms with E-state index in [0.717, 1.165) is 37.8 Å². The third kappa shape index (κ3) is 5.55. The van der Waals surface area contributed by atoms with Crippen LogP contribution in [0.4, 0.5) is 0 Å². The molecule has 3 aliphatic heterocycles. The molecule has 0 radical (unpaired) electrons. The molecule has 3 aliphatic rings. The van der Waals surface area contributed by atoms with E-state index in [1.54, 1.807) is 7.11 Å². The Balaban J connectivity index is 0.00000240. The van der Waals surface area contributed by atoms with Crippen molar-refractivity contribution in [3.05, 3.63) is 29.8 Å². The van der Waals surface area contributed by atoms with Crippen molar-refractivity contribution in [2.24, 2.45) is 4.99 Å². The predicted molar refractivity (Wildman–Crippen MR) is 127 cm³/mol. The zero-order valence-corrected chi connectivity index (χ0v) is 19.9. The Bertz CT molecular complexity index is 663. The molecule has 1 aromatic carbocycles. The maximum atomic E-state index is 5.98. The molecule has 0 amide bonds. The van der Waals surface area contributed by atoms with Crippen LogP contribution >= 0.6 is 24.0 Å². The lowest BCUT2D eigenvalue weighted by Gasteiger charge is -2.35. The molecule has 3 fully saturated rings. The number of nitrogens with zero attached hydrogens (tertiary/aromatic N) is 2. The second-order valence-electron chi connectivity index (χ2n) is 8.20. The molecular formula is C22H35IN4O2. The molecule has 0 spiro atoms. The standard InChI is InChI=1S/C22H34N4O2.HI/c1-23-22(25-19-14-18-10-11-21(19)28-18)24-15-20(26-12-4-3-5-13-26)16-6-8-17(27-2)9-7-16;/h6-9,18-21H,3-5,10-15H2,1-2H3,(H2,23,24,25);1H. The highest BCUT2D eigenvalue weighted by Crippen LogP contribution is 2.34. The van der Waals surface area contributed by atoms with Gasteiger partial charge in [0.15, 0.2) is 5.96 Å². The summed E-state index contributed by atoms with van der Waals surface area (Å²) in [5, 5.41) is 7.19. The Morgan fingerprint density at radius 1 is 1.21 bits per heavy atom. The topological polar surface area (TPSA) is 58.1 Å². The van der Waals surface area contributed by atoms with Gasteiger partial charge in [0.2, 0.25) is 0 Å². The van der Waals surface area contributed by atoms with Crippen molar-refractivity contribution in [3.63, 3.8) is 0 Å². The first-order valence-electron chi connectivity index (χ1n) is 10.8. The molecule has 29 heavy (non-hydrogen) atoms. The van der Waals surface area contributed by atoms with Crippen molar-refractivity contribution in [2.75, 3.05) is 33.8 Å². The first kappa shape index (κ1) is 22.6. The number of hydrogen-bond donors (Lipinski definition) is 2. The summed E-state index contributed by atoms with van der Waals surface area (Å²) < 4.78 is 11.3. The second kappa shape index (κ2) is 10.8. The van der Waals surface area contributed by atoms with Crippen LogP contribution in [0.5, 0.6) is 5.75 Å². The van der Waals surface area contributed by atoms with Crippen molar-refractivity contribution >= 4 is 29.9 Å². The van der Waals surface area contributed by atoms with Gasteiger partial charge in [-0.15, -0.1) is 24.0 Å². The van der Waals surface area contributed by atoms with Gasteiger partial charge in [0, 0.05) is 13.6 Å². The van der Waals surface area contributed by atoms with Gasteiger partial charge in [0.1, 0.15) is 5.75 Å². The van der Waals surface area contributed by atoms with Gasteiger partial charge >= 0.3 is 0 Å². The van der Waals surface area contributed by atoms with Gasteiger partial charge in [-0.1, -0.05) is 18.6 Å². The fourth-order valence-corrected chi connectivity index (χ4v) is 4.87. The molecular weight excluding hydrogens is 479 g/mol. The fraction of sp³-hybridized carbons (Fsp3) is 0.682. The molecule has 7 heteroatoms. The minimum atomic E-state index is 0. The molecule has 4 rings (SSSR count). The van der Waals surface area contributed by atoms with Crippen molar-refractivity contribution in [2.45, 2.75) is 62.8 Å². The fourth-order valence-electron chi connectivity index (χ4n) is 4.87. The molecule has 2 N–H and O–H groups in total. The highest BCUT2D eigenvalue weighted by molar-refractivity contribution is 14.0. The molecule has 2 bridgehead atoms. The lowest BCUT2D eigenvalue weighted by molar-refractivity contribution is 0.0992. The molecule has 4 unspecified atom stereocenters. The summed E-state index contributed by atoms with van der Waals surface area (Å²) in [6.07, 6.45) is 8.17. The number of benzene rings is 1. The molecule has 6 nitrogen and oxygen atoms in total. The van der Waals surface area contributed by atoms with Gasteiger partial charge in [-0.3, -0.25) is 9.89 Å². The van der Waals surface area contributed by atoms with Gasteiger partial charge in [0.05, 0.1) is 31.4 Å². The minimum absolute atomic E-state index is 0. The number of rotatable bonds is 6. The van der Waals surface area contributed by atoms with E-state index in [2.05, 4.69) is 44.8 Å². The van der Waals surface area contributed by atoms with E-state index in [-0.39, 0.29) is 24.0 Å². The Kier molecular flexibility index (Phi) is 8.44. The van der Waals surface area contributed by atoms with Gasteiger partial charge < -0.3 is 20.1 Å². The lowest BCUT2D eigenvalue weighted by Crippen LogP contribution is -2.49. The van der Waals surface area contributed by atoms with Gasteiger partial charge in [-0.25, -0.2) is 0 Å². The molecule has 4 atom stereocenters. The number of fused-ring (bicyclic) bond motifs is 2. The first-order valence-corrected chi connectivity index (χ1v) is 10.8. The number of ether oxygens (including phenoxy) is 2. The van der Waals surface area contributed by atoms with Crippen LogP contribution in [0.1, 0.15) is 50.1 Å². The number of nitrogens with one attached hydrogen (secondary N) is 2. The maximum absolute atomic E-state index is 5.98. The summed E-state index contributed by atoms with van der Waals surface area (Å²) in [4.78, 5) is 7.08. The van der Waals surface area contributed by atoms with Crippen LogP contribution in [0.2, 0.25) is 0 Å². The van der Waals surface area contributed by atoms with E-state index in [4.69, 9.17) is 9.47 Å². The van der Waals surface area contributed by atoms with Crippen LogP contribution in [0.15, 0.2) is 29.3 Å².